The molecule has 0 heterocycles. The van der Waals surface area contributed by atoms with Crippen LogP contribution in [0.25, 0.3) is 0 Å². The van der Waals surface area contributed by atoms with Gasteiger partial charge in [-0.05, 0) is 42.0 Å². The number of hydrogen-bond acceptors (Lipinski definition) is 2. The molecule has 4 aromatic carbocycles. The van der Waals surface area contributed by atoms with E-state index < -0.39 is 0 Å². The van der Waals surface area contributed by atoms with E-state index in [1.54, 1.807) is 11.8 Å². The first-order valence-electron chi connectivity index (χ1n) is 9.53. The summed E-state index contributed by atoms with van der Waals surface area (Å²) < 4.78 is 0. The van der Waals surface area contributed by atoms with Crippen LogP contribution in [0, 0.1) is 0 Å². The summed E-state index contributed by atoms with van der Waals surface area (Å²) in [7, 11) is 0. The largest absolute Gasteiger partial charge is 0.280 e. The van der Waals surface area contributed by atoms with Crippen molar-refractivity contribution in [1.82, 2.24) is 0 Å². The molecule has 0 spiro atoms. The minimum Gasteiger partial charge on any atom is -0.280 e. The molecule has 0 saturated carbocycles. The van der Waals surface area contributed by atoms with Crippen LogP contribution in [0.3, 0.4) is 0 Å². The molecular formula is C26H21NOS. The molecule has 0 bridgehead atoms. The van der Waals surface area contributed by atoms with Crippen LogP contribution < -0.4 is 4.90 Å². The van der Waals surface area contributed by atoms with E-state index in [-0.39, 0.29) is 11.2 Å². The number of para-hydroxylation sites is 2. The Morgan fingerprint density at radius 2 is 1.00 bits per heavy atom. The van der Waals surface area contributed by atoms with Gasteiger partial charge in [0.2, 0.25) is 5.91 Å². The number of amides is 1. The molecular weight excluding hydrogens is 374 g/mol. The molecule has 142 valence electrons. The molecule has 1 unspecified atom stereocenters. The number of nitrogens with zero attached hydrogens (tertiary/aromatic N) is 1. The number of hydrogen-bond donors (Lipinski definition) is 0. The maximum atomic E-state index is 14.0. The Labute approximate surface area is 175 Å². The number of anilines is 2. The molecule has 0 aliphatic carbocycles. The fourth-order valence-electron chi connectivity index (χ4n) is 3.20. The lowest BCUT2D eigenvalue weighted by Crippen LogP contribution is -2.30. The van der Waals surface area contributed by atoms with Gasteiger partial charge in [-0.3, -0.25) is 9.69 Å². The quantitative estimate of drug-likeness (QED) is 0.332. The van der Waals surface area contributed by atoms with Crippen molar-refractivity contribution in [2.24, 2.45) is 0 Å². The molecule has 0 fully saturated rings. The van der Waals surface area contributed by atoms with E-state index in [1.807, 2.05) is 126 Å². The van der Waals surface area contributed by atoms with Crippen LogP contribution in [0.15, 0.2) is 126 Å². The van der Waals surface area contributed by atoms with Gasteiger partial charge < -0.3 is 0 Å². The SMILES string of the molecule is O=C(C(Sc1ccccc1)c1ccccc1)N(c1ccccc1)c1ccccc1. The maximum Gasteiger partial charge on any atom is 0.249 e. The molecule has 0 aliphatic heterocycles. The Hall–Kier alpha value is -3.30. The van der Waals surface area contributed by atoms with Crippen LogP contribution >= 0.6 is 11.8 Å². The Bertz CT molecular complexity index is 998. The highest BCUT2D eigenvalue weighted by atomic mass is 32.2. The van der Waals surface area contributed by atoms with E-state index >= 15 is 0 Å². The molecule has 4 rings (SSSR count). The Kier molecular flexibility index (Phi) is 6.08. The summed E-state index contributed by atoms with van der Waals surface area (Å²) in [5.41, 5.74) is 2.71. The van der Waals surface area contributed by atoms with E-state index in [4.69, 9.17) is 0 Å². The number of thioether (sulfide) groups is 1. The number of carbonyl (C=O) groups excluding carboxylic acids is 1. The highest BCUT2D eigenvalue weighted by Gasteiger charge is 2.29. The molecule has 4 aromatic rings. The van der Waals surface area contributed by atoms with Crippen molar-refractivity contribution >= 4 is 29.0 Å². The van der Waals surface area contributed by atoms with Gasteiger partial charge in [-0.1, -0.05) is 84.9 Å². The van der Waals surface area contributed by atoms with Gasteiger partial charge in [0.15, 0.2) is 0 Å². The molecule has 1 atom stereocenters. The molecule has 0 radical (unpaired) electrons. The fraction of sp³-hybridized carbons (Fsp3) is 0.0385. The second kappa shape index (κ2) is 9.26. The lowest BCUT2D eigenvalue weighted by Gasteiger charge is -2.28. The molecule has 0 saturated heterocycles. The van der Waals surface area contributed by atoms with E-state index in [2.05, 4.69) is 0 Å². The zero-order chi connectivity index (χ0) is 19.9. The predicted molar refractivity (Wildman–Crippen MR) is 122 cm³/mol. The van der Waals surface area contributed by atoms with Gasteiger partial charge in [0.05, 0.1) is 0 Å². The summed E-state index contributed by atoms with van der Waals surface area (Å²) in [5, 5.41) is -0.362. The van der Waals surface area contributed by atoms with Crippen molar-refractivity contribution in [3.63, 3.8) is 0 Å². The summed E-state index contributed by atoms with van der Waals surface area (Å²) in [6, 6.07) is 39.7. The molecule has 3 heteroatoms. The molecule has 29 heavy (non-hydrogen) atoms. The first-order valence-corrected chi connectivity index (χ1v) is 10.4. The third kappa shape index (κ3) is 4.58. The molecule has 2 nitrogen and oxygen atoms in total. The van der Waals surface area contributed by atoms with Gasteiger partial charge in [0.1, 0.15) is 5.25 Å². The van der Waals surface area contributed by atoms with Crippen LogP contribution in [0.4, 0.5) is 11.4 Å². The standard InChI is InChI=1S/C26H21NOS/c28-26(27(22-15-7-2-8-16-22)23-17-9-3-10-18-23)25(21-13-5-1-6-14-21)29-24-19-11-4-12-20-24/h1-20,25H. The Morgan fingerprint density at radius 1 is 0.586 bits per heavy atom. The van der Waals surface area contributed by atoms with E-state index in [0.717, 1.165) is 21.8 Å². The van der Waals surface area contributed by atoms with Crippen molar-refractivity contribution in [3.8, 4) is 0 Å². The van der Waals surface area contributed by atoms with Gasteiger partial charge in [-0.25, -0.2) is 0 Å². The Balaban J connectivity index is 1.78. The van der Waals surface area contributed by atoms with Gasteiger partial charge in [-0.15, -0.1) is 11.8 Å². The van der Waals surface area contributed by atoms with E-state index in [9.17, 15) is 4.79 Å². The maximum absolute atomic E-state index is 14.0. The predicted octanol–water partition coefficient (Wildman–Crippen LogP) is 6.88. The third-order valence-electron chi connectivity index (χ3n) is 4.57. The lowest BCUT2D eigenvalue weighted by molar-refractivity contribution is -0.117. The normalized spacial score (nSPS) is 11.6. The molecule has 0 aliphatic rings. The third-order valence-corrected chi connectivity index (χ3v) is 5.83. The highest BCUT2D eigenvalue weighted by Crippen LogP contribution is 2.39. The topological polar surface area (TPSA) is 20.3 Å². The Morgan fingerprint density at radius 3 is 1.48 bits per heavy atom. The van der Waals surface area contributed by atoms with Crippen LogP contribution in [-0.2, 0) is 4.79 Å². The lowest BCUT2D eigenvalue weighted by atomic mass is 10.1. The summed E-state index contributed by atoms with van der Waals surface area (Å²) in [6.45, 7) is 0. The summed E-state index contributed by atoms with van der Waals surface area (Å²) >= 11 is 1.58. The second-order valence-electron chi connectivity index (χ2n) is 6.57. The van der Waals surface area contributed by atoms with Crippen molar-refractivity contribution in [2.75, 3.05) is 4.90 Å². The highest BCUT2D eigenvalue weighted by molar-refractivity contribution is 8.00. The molecule has 0 aromatic heterocycles. The van der Waals surface area contributed by atoms with Crippen LogP contribution in [0.2, 0.25) is 0 Å². The first kappa shape index (κ1) is 19.0. The van der Waals surface area contributed by atoms with Crippen LogP contribution in [0.5, 0.6) is 0 Å². The zero-order valence-electron chi connectivity index (χ0n) is 15.9. The molecule has 1 amide bonds. The van der Waals surface area contributed by atoms with Gasteiger partial charge in [0.25, 0.3) is 0 Å². The number of carbonyl (C=O) groups is 1. The van der Waals surface area contributed by atoms with E-state index in [0.29, 0.717) is 0 Å². The minimum absolute atomic E-state index is 0.0300. The zero-order valence-corrected chi connectivity index (χ0v) is 16.7. The van der Waals surface area contributed by atoms with Gasteiger partial charge in [-0.2, -0.15) is 0 Å². The fourth-order valence-corrected chi connectivity index (χ4v) is 4.28. The summed E-state index contributed by atoms with van der Waals surface area (Å²) in [6.07, 6.45) is 0. The average molecular weight is 396 g/mol. The van der Waals surface area contributed by atoms with Crippen LogP contribution in [0.1, 0.15) is 10.8 Å². The first-order chi connectivity index (χ1) is 14.3. The van der Waals surface area contributed by atoms with Crippen LogP contribution in [-0.4, -0.2) is 5.91 Å². The number of benzene rings is 4. The monoisotopic (exact) mass is 395 g/mol. The second-order valence-corrected chi connectivity index (χ2v) is 7.74. The molecule has 0 N–H and O–H groups in total. The van der Waals surface area contributed by atoms with Crippen molar-refractivity contribution in [1.29, 1.82) is 0 Å². The summed E-state index contributed by atoms with van der Waals surface area (Å²) in [4.78, 5) is 16.8. The van der Waals surface area contributed by atoms with Gasteiger partial charge >= 0.3 is 0 Å². The average Bonchev–Trinajstić information content (AvgIpc) is 2.80. The van der Waals surface area contributed by atoms with E-state index in [1.165, 1.54) is 0 Å². The van der Waals surface area contributed by atoms with Crippen molar-refractivity contribution in [3.05, 3.63) is 127 Å². The number of rotatable bonds is 6. The summed E-state index contributed by atoms with van der Waals surface area (Å²) in [5.74, 6) is 0.0300. The van der Waals surface area contributed by atoms with Gasteiger partial charge in [0, 0.05) is 16.3 Å². The van der Waals surface area contributed by atoms with Crippen molar-refractivity contribution in [2.45, 2.75) is 10.1 Å². The minimum atomic E-state index is -0.362. The smallest absolute Gasteiger partial charge is 0.249 e. The van der Waals surface area contributed by atoms with Crippen molar-refractivity contribution < 1.29 is 4.79 Å².